The molecular formula is C21H23F3N6O2. The Hall–Kier alpha value is -3.60. The molecule has 0 spiro atoms. The summed E-state index contributed by atoms with van der Waals surface area (Å²) in [7, 11) is 1.59. The molecule has 170 valence electrons. The lowest BCUT2D eigenvalue weighted by atomic mass is 10.0. The quantitative estimate of drug-likeness (QED) is 0.314. The molecule has 0 aliphatic rings. The molecular weight excluding hydrogens is 425 g/mol. The maximum atomic E-state index is 13.1. The molecule has 0 atom stereocenters. The number of benzene rings is 2. The number of carbonyl (C=O) groups excluding carboxylic acids is 1. The first-order valence-corrected chi connectivity index (χ1v) is 9.68. The number of halogens is 3. The number of nitrogens with two attached hydrogens (primary N) is 2. The first kappa shape index (κ1) is 23.1. The Kier molecular flexibility index (Phi) is 6.13. The molecule has 0 fully saturated rings. The first-order valence-electron chi connectivity index (χ1n) is 9.68. The van der Waals surface area contributed by atoms with Crippen LogP contribution in [0.3, 0.4) is 0 Å². The van der Waals surface area contributed by atoms with Gasteiger partial charge in [0.2, 0.25) is 5.91 Å². The highest BCUT2D eigenvalue weighted by atomic mass is 19.4. The second-order valence-electron chi connectivity index (χ2n) is 7.69. The van der Waals surface area contributed by atoms with E-state index in [0.717, 1.165) is 22.9 Å². The summed E-state index contributed by atoms with van der Waals surface area (Å²) in [5, 5.41) is 8.30. The van der Waals surface area contributed by atoms with Crippen LogP contribution in [-0.4, -0.2) is 22.7 Å². The molecule has 0 saturated heterocycles. The minimum Gasteiger partial charge on any atom is -0.397 e. The van der Waals surface area contributed by atoms with Crippen molar-refractivity contribution in [3.05, 3.63) is 58.0 Å². The van der Waals surface area contributed by atoms with E-state index in [0.29, 0.717) is 17.1 Å². The molecule has 5 N–H and O–H groups in total. The van der Waals surface area contributed by atoms with Crippen molar-refractivity contribution in [2.24, 2.45) is 5.84 Å². The zero-order chi connectivity index (χ0) is 23.8. The molecule has 3 aromatic rings. The van der Waals surface area contributed by atoms with E-state index in [9.17, 15) is 22.8 Å². The summed E-state index contributed by atoms with van der Waals surface area (Å²) in [4.78, 5) is 25.4. The van der Waals surface area contributed by atoms with Gasteiger partial charge in [-0.1, -0.05) is 13.8 Å². The van der Waals surface area contributed by atoms with Crippen LogP contribution >= 0.6 is 0 Å². The summed E-state index contributed by atoms with van der Waals surface area (Å²) in [6.45, 7) is 3.07. The maximum Gasteiger partial charge on any atom is 0.416 e. The number of nitrogens with zero attached hydrogens (tertiary/aromatic N) is 3. The van der Waals surface area contributed by atoms with Crippen molar-refractivity contribution in [1.82, 2.24) is 9.78 Å². The van der Waals surface area contributed by atoms with E-state index in [1.807, 2.05) is 0 Å². The van der Waals surface area contributed by atoms with Crippen molar-refractivity contribution >= 4 is 33.7 Å². The van der Waals surface area contributed by atoms with Crippen LogP contribution in [0.2, 0.25) is 0 Å². The number of amides is 1. The van der Waals surface area contributed by atoms with Crippen LogP contribution in [0.1, 0.15) is 31.0 Å². The Bertz CT molecular complexity index is 1230. The van der Waals surface area contributed by atoms with Gasteiger partial charge in [0, 0.05) is 18.1 Å². The van der Waals surface area contributed by atoms with Crippen LogP contribution in [0.15, 0.2) is 41.2 Å². The normalized spacial score (nSPS) is 11.8. The zero-order valence-corrected chi connectivity index (χ0v) is 17.7. The molecule has 11 heteroatoms. The lowest BCUT2D eigenvalue weighted by Gasteiger charge is -2.17. The standard InChI is InChI=1S/C21H23F3N6O2/c1-11(2)19-15-8-12(21(22,23)24)4-6-14(15)20(32)30(28-19)10-18(31)27-13-5-7-16(25)17(9-13)29(3)26/h4-9,11H,10,25-26H2,1-3H3,(H,27,31). The van der Waals surface area contributed by atoms with Gasteiger partial charge in [0.15, 0.2) is 0 Å². The molecule has 0 aliphatic carbocycles. The van der Waals surface area contributed by atoms with Crippen LogP contribution in [0.5, 0.6) is 0 Å². The zero-order valence-electron chi connectivity index (χ0n) is 17.7. The second-order valence-corrected chi connectivity index (χ2v) is 7.69. The van der Waals surface area contributed by atoms with Crippen molar-refractivity contribution in [2.45, 2.75) is 32.5 Å². The largest absolute Gasteiger partial charge is 0.416 e. The van der Waals surface area contributed by atoms with Gasteiger partial charge in [-0.3, -0.25) is 9.59 Å². The summed E-state index contributed by atoms with van der Waals surface area (Å²) in [5.41, 5.74) is 5.92. The number of carbonyl (C=O) groups is 1. The van der Waals surface area contributed by atoms with Crippen LogP contribution < -0.4 is 27.5 Å². The third-order valence-corrected chi connectivity index (χ3v) is 4.85. The molecule has 0 radical (unpaired) electrons. The van der Waals surface area contributed by atoms with Gasteiger partial charge in [0.1, 0.15) is 6.54 Å². The third-order valence-electron chi connectivity index (χ3n) is 4.85. The van der Waals surface area contributed by atoms with E-state index in [1.165, 1.54) is 5.01 Å². The summed E-state index contributed by atoms with van der Waals surface area (Å²) in [5.74, 6) is 4.88. The van der Waals surface area contributed by atoms with Crippen LogP contribution in [-0.2, 0) is 17.5 Å². The fraction of sp³-hybridized carbons (Fsp3) is 0.286. The van der Waals surface area contributed by atoms with Gasteiger partial charge < -0.3 is 16.1 Å². The Morgan fingerprint density at radius 1 is 1.19 bits per heavy atom. The molecule has 2 aromatic carbocycles. The van der Waals surface area contributed by atoms with Gasteiger partial charge >= 0.3 is 6.18 Å². The Morgan fingerprint density at radius 2 is 1.88 bits per heavy atom. The average Bonchev–Trinajstić information content (AvgIpc) is 2.70. The second kappa shape index (κ2) is 8.50. The van der Waals surface area contributed by atoms with E-state index in [-0.39, 0.29) is 22.4 Å². The monoisotopic (exact) mass is 448 g/mol. The van der Waals surface area contributed by atoms with Gasteiger partial charge in [-0.2, -0.15) is 18.3 Å². The molecule has 1 aromatic heterocycles. The van der Waals surface area contributed by atoms with E-state index in [4.69, 9.17) is 11.6 Å². The van der Waals surface area contributed by atoms with E-state index in [2.05, 4.69) is 10.4 Å². The number of anilines is 3. The van der Waals surface area contributed by atoms with E-state index in [1.54, 1.807) is 39.1 Å². The number of nitrogens with one attached hydrogen (secondary N) is 1. The smallest absolute Gasteiger partial charge is 0.397 e. The predicted molar refractivity (Wildman–Crippen MR) is 117 cm³/mol. The van der Waals surface area contributed by atoms with Crippen molar-refractivity contribution in [3.8, 4) is 0 Å². The molecule has 8 nitrogen and oxygen atoms in total. The first-order chi connectivity index (χ1) is 14.9. The van der Waals surface area contributed by atoms with Gasteiger partial charge in [-0.25, -0.2) is 10.5 Å². The average molecular weight is 448 g/mol. The molecule has 1 amide bonds. The minimum atomic E-state index is -4.55. The van der Waals surface area contributed by atoms with Crippen molar-refractivity contribution in [3.63, 3.8) is 0 Å². The lowest BCUT2D eigenvalue weighted by molar-refractivity contribution is -0.137. The summed E-state index contributed by atoms with van der Waals surface area (Å²) < 4.78 is 40.4. The van der Waals surface area contributed by atoms with Gasteiger partial charge in [-0.05, 0) is 42.3 Å². The van der Waals surface area contributed by atoms with Crippen molar-refractivity contribution in [2.75, 3.05) is 23.1 Å². The topological polar surface area (TPSA) is 119 Å². The minimum absolute atomic E-state index is 0.0593. The van der Waals surface area contributed by atoms with Gasteiger partial charge in [0.05, 0.1) is 28.0 Å². The van der Waals surface area contributed by atoms with E-state index < -0.39 is 29.8 Å². The summed E-state index contributed by atoms with van der Waals surface area (Å²) in [6, 6.07) is 7.60. The molecule has 32 heavy (non-hydrogen) atoms. The summed E-state index contributed by atoms with van der Waals surface area (Å²) in [6.07, 6.45) is -4.55. The molecule has 0 unspecified atom stereocenters. The van der Waals surface area contributed by atoms with Crippen LogP contribution in [0.4, 0.5) is 30.2 Å². The fourth-order valence-corrected chi connectivity index (χ4v) is 3.28. The third kappa shape index (κ3) is 4.67. The van der Waals surface area contributed by atoms with E-state index >= 15 is 0 Å². The number of hydrogen-bond donors (Lipinski definition) is 3. The van der Waals surface area contributed by atoms with Crippen LogP contribution in [0, 0.1) is 0 Å². The van der Waals surface area contributed by atoms with Crippen LogP contribution in [0.25, 0.3) is 10.8 Å². The number of aromatic nitrogens is 2. The lowest BCUT2D eigenvalue weighted by Crippen LogP contribution is -2.31. The fourth-order valence-electron chi connectivity index (χ4n) is 3.28. The number of nitrogen functional groups attached to an aromatic ring is 1. The molecule has 0 saturated carbocycles. The number of alkyl halides is 3. The SMILES string of the molecule is CC(C)c1nn(CC(=O)Nc2ccc(N)c(N(C)N)c2)c(=O)c2ccc(C(F)(F)F)cc12. The summed E-state index contributed by atoms with van der Waals surface area (Å²) >= 11 is 0. The molecule has 0 aliphatic heterocycles. The predicted octanol–water partition coefficient (Wildman–Crippen LogP) is 3.07. The highest BCUT2D eigenvalue weighted by Crippen LogP contribution is 2.32. The van der Waals surface area contributed by atoms with Crippen molar-refractivity contribution < 1.29 is 18.0 Å². The van der Waals surface area contributed by atoms with Gasteiger partial charge in [0.25, 0.3) is 5.56 Å². The number of hydrazine groups is 1. The Labute approximate surface area is 181 Å². The number of hydrogen-bond acceptors (Lipinski definition) is 6. The van der Waals surface area contributed by atoms with Crippen molar-refractivity contribution in [1.29, 1.82) is 0 Å². The maximum absolute atomic E-state index is 13.1. The molecule has 3 rings (SSSR count). The highest BCUT2D eigenvalue weighted by molar-refractivity contribution is 5.92. The molecule has 1 heterocycles. The Morgan fingerprint density at radius 3 is 2.47 bits per heavy atom. The highest BCUT2D eigenvalue weighted by Gasteiger charge is 2.31. The van der Waals surface area contributed by atoms with Gasteiger partial charge in [-0.15, -0.1) is 0 Å². The number of fused-ring (bicyclic) bond motifs is 1. The number of rotatable bonds is 5. The Balaban J connectivity index is 1.97. The molecule has 0 bridgehead atoms.